The monoisotopic (exact) mass is 388 g/mol. The fourth-order valence-corrected chi connectivity index (χ4v) is 3.10. The number of rotatable bonds is 6. The number of benzene rings is 2. The Morgan fingerprint density at radius 1 is 1.15 bits per heavy atom. The van der Waals surface area contributed by atoms with E-state index in [1.54, 1.807) is 6.07 Å². The largest absolute Gasteiger partial charge is 0.495 e. The highest BCUT2D eigenvalue weighted by Gasteiger charge is 2.19. The molecule has 140 valence electrons. The van der Waals surface area contributed by atoms with Crippen molar-refractivity contribution >= 4 is 16.0 Å². The van der Waals surface area contributed by atoms with Crippen molar-refractivity contribution in [3.63, 3.8) is 0 Å². The molecule has 0 aliphatic heterocycles. The van der Waals surface area contributed by atoms with Crippen LogP contribution in [0.15, 0.2) is 64.0 Å². The molecule has 2 N–H and O–H groups in total. The zero-order chi connectivity index (χ0) is 19.4. The molecular weight excluding hydrogens is 372 g/mol. The number of sulfonamides is 1. The van der Waals surface area contributed by atoms with Gasteiger partial charge in [-0.2, -0.15) is 0 Å². The molecule has 0 bridgehead atoms. The molecule has 27 heavy (non-hydrogen) atoms. The molecule has 0 aliphatic carbocycles. The van der Waals surface area contributed by atoms with Gasteiger partial charge in [0.1, 0.15) is 16.3 Å². The normalized spacial score (nSPS) is 11.2. The van der Waals surface area contributed by atoms with Crippen LogP contribution in [-0.2, 0) is 21.4 Å². The first-order valence-electron chi connectivity index (χ1n) is 7.77. The Morgan fingerprint density at radius 3 is 2.56 bits per heavy atom. The maximum Gasteiger partial charge on any atom is 0.338 e. The Labute approximate surface area is 155 Å². The number of primary sulfonamides is 1. The van der Waals surface area contributed by atoms with Crippen molar-refractivity contribution in [2.75, 3.05) is 7.11 Å². The number of nitrogens with two attached hydrogens (primary N) is 1. The van der Waals surface area contributed by atoms with Crippen LogP contribution in [0.4, 0.5) is 0 Å². The van der Waals surface area contributed by atoms with Crippen LogP contribution in [0.3, 0.4) is 0 Å². The van der Waals surface area contributed by atoms with E-state index in [0.29, 0.717) is 11.5 Å². The van der Waals surface area contributed by atoms with E-state index >= 15 is 0 Å². The molecule has 2 aromatic carbocycles. The minimum atomic E-state index is -4.06. The summed E-state index contributed by atoms with van der Waals surface area (Å²) in [6, 6.07) is 14.9. The topological polar surface area (TPSA) is 122 Å². The van der Waals surface area contributed by atoms with E-state index in [-0.39, 0.29) is 22.8 Å². The van der Waals surface area contributed by atoms with Crippen LogP contribution in [0.25, 0.3) is 11.3 Å². The number of hydrogen-bond acceptors (Lipinski definition) is 7. The number of ether oxygens (including phenoxy) is 2. The number of nitrogens with zero attached hydrogens (tertiary/aromatic N) is 1. The lowest BCUT2D eigenvalue weighted by atomic mass is 10.1. The molecule has 0 unspecified atom stereocenters. The summed E-state index contributed by atoms with van der Waals surface area (Å²) in [5.74, 6) is -0.348. The SMILES string of the molecule is COc1ccc(C(=O)OCc2cc(-c3ccccc3)no2)cc1S(N)(=O)=O. The van der Waals surface area contributed by atoms with Gasteiger partial charge >= 0.3 is 5.97 Å². The highest BCUT2D eigenvalue weighted by molar-refractivity contribution is 7.89. The third kappa shape index (κ3) is 4.33. The molecule has 0 fully saturated rings. The van der Waals surface area contributed by atoms with Crippen molar-refractivity contribution in [2.24, 2.45) is 5.14 Å². The van der Waals surface area contributed by atoms with Crippen LogP contribution >= 0.6 is 0 Å². The molecule has 0 aliphatic rings. The Bertz CT molecular complexity index is 1060. The molecule has 8 nitrogen and oxygen atoms in total. The molecule has 0 saturated carbocycles. The lowest BCUT2D eigenvalue weighted by molar-refractivity contribution is 0.0437. The average molecular weight is 388 g/mol. The third-order valence-corrected chi connectivity index (χ3v) is 4.61. The summed E-state index contributed by atoms with van der Waals surface area (Å²) in [5, 5.41) is 9.07. The van der Waals surface area contributed by atoms with Crippen LogP contribution in [0.5, 0.6) is 5.75 Å². The van der Waals surface area contributed by atoms with Gasteiger partial charge in [0.2, 0.25) is 10.0 Å². The smallest absolute Gasteiger partial charge is 0.338 e. The zero-order valence-corrected chi connectivity index (χ0v) is 15.1. The molecule has 1 aromatic heterocycles. The summed E-state index contributed by atoms with van der Waals surface area (Å²) >= 11 is 0. The zero-order valence-electron chi connectivity index (χ0n) is 14.3. The van der Waals surface area contributed by atoms with Crippen LogP contribution in [0, 0.1) is 0 Å². The maximum absolute atomic E-state index is 12.2. The minimum Gasteiger partial charge on any atom is -0.495 e. The van der Waals surface area contributed by atoms with Gasteiger partial charge in [-0.3, -0.25) is 0 Å². The lowest BCUT2D eigenvalue weighted by Crippen LogP contribution is -2.15. The summed E-state index contributed by atoms with van der Waals surface area (Å²) < 4.78 is 38.5. The van der Waals surface area contributed by atoms with Crippen molar-refractivity contribution in [3.8, 4) is 17.0 Å². The van der Waals surface area contributed by atoms with E-state index in [0.717, 1.165) is 11.6 Å². The molecule has 3 rings (SSSR count). The molecule has 0 atom stereocenters. The van der Waals surface area contributed by atoms with Gasteiger partial charge in [-0.25, -0.2) is 18.4 Å². The van der Waals surface area contributed by atoms with Crippen molar-refractivity contribution < 1.29 is 27.2 Å². The number of carbonyl (C=O) groups excluding carboxylic acids is 1. The van der Waals surface area contributed by atoms with Gasteiger partial charge in [-0.05, 0) is 18.2 Å². The molecule has 1 heterocycles. The predicted molar refractivity (Wildman–Crippen MR) is 95.4 cm³/mol. The van der Waals surface area contributed by atoms with Crippen molar-refractivity contribution in [1.29, 1.82) is 0 Å². The van der Waals surface area contributed by atoms with Gasteiger partial charge in [0.05, 0.1) is 12.7 Å². The third-order valence-electron chi connectivity index (χ3n) is 3.68. The number of aromatic nitrogens is 1. The molecular formula is C18H16N2O6S. The number of hydrogen-bond donors (Lipinski definition) is 1. The second kappa shape index (κ2) is 7.60. The Morgan fingerprint density at radius 2 is 1.89 bits per heavy atom. The van der Waals surface area contributed by atoms with Gasteiger partial charge in [-0.1, -0.05) is 35.5 Å². The minimum absolute atomic E-state index is 0.0163. The fourth-order valence-electron chi connectivity index (χ4n) is 2.37. The van der Waals surface area contributed by atoms with E-state index < -0.39 is 16.0 Å². The van der Waals surface area contributed by atoms with Gasteiger partial charge in [0, 0.05) is 11.6 Å². The molecule has 0 saturated heterocycles. The van der Waals surface area contributed by atoms with E-state index in [2.05, 4.69) is 5.16 Å². The number of carbonyl (C=O) groups is 1. The molecule has 0 amide bonds. The lowest BCUT2D eigenvalue weighted by Gasteiger charge is -2.08. The van der Waals surface area contributed by atoms with E-state index in [1.807, 2.05) is 30.3 Å². The van der Waals surface area contributed by atoms with Crippen molar-refractivity contribution in [2.45, 2.75) is 11.5 Å². The van der Waals surface area contributed by atoms with Gasteiger partial charge < -0.3 is 14.0 Å². The van der Waals surface area contributed by atoms with E-state index in [1.165, 1.54) is 19.2 Å². The predicted octanol–water partition coefficient (Wildman–Crippen LogP) is 2.35. The molecule has 0 spiro atoms. The molecule has 9 heteroatoms. The fraction of sp³-hybridized carbons (Fsp3) is 0.111. The maximum atomic E-state index is 12.2. The van der Waals surface area contributed by atoms with Crippen LogP contribution in [0.1, 0.15) is 16.1 Å². The first-order valence-corrected chi connectivity index (χ1v) is 9.32. The molecule has 3 aromatic rings. The summed E-state index contributed by atoms with van der Waals surface area (Å²) in [7, 11) is -2.76. The summed E-state index contributed by atoms with van der Waals surface area (Å²) in [4.78, 5) is 11.9. The Balaban J connectivity index is 1.72. The van der Waals surface area contributed by atoms with Crippen LogP contribution < -0.4 is 9.88 Å². The first kappa shape index (κ1) is 18.6. The molecule has 0 radical (unpaired) electrons. The van der Waals surface area contributed by atoms with Crippen LogP contribution in [-0.4, -0.2) is 26.7 Å². The number of esters is 1. The first-order chi connectivity index (χ1) is 12.9. The van der Waals surface area contributed by atoms with Crippen LogP contribution in [0.2, 0.25) is 0 Å². The Kier molecular flexibility index (Phi) is 5.24. The summed E-state index contributed by atoms with van der Waals surface area (Å²) in [6.07, 6.45) is 0. The second-order valence-electron chi connectivity index (χ2n) is 5.53. The van der Waals surface area contributed by atoms with Gasteiger partial charge in [0.25, 0.3) is 0 Å². The highest BCUT2D eigenvalue weighted by Crippen LogP contribution is 2.24. The van der Waals surface area contributed by atoms with Gasteiger partial charge in [0.15, 0.2) is 12.4 Å². The second-order valence-corrected chi connectivity index (χ2v) is 7.06. The van der Waals surface area contributed by atoms with Crippen molar-refractivity contribution in [1.82, 2.24) is 5.16 Å². The quantitative estimate of drug-likeness (QED) is 0.643. The average Bonchev–Trinajstić information content (AvgIpc) is 3.14. The standard InChI is InChI=1S/C18H16N2O6S/c1-24-16-8-7-13(9-17(16)27(19,22)23)18(21)25-11-14-10-15(20-26-14)12-5-3-2-4-6-12/h2-10H,11H2,1H3,(H2,19,22,23). The van der Waals surface area contributed by atoms with E-state index in [4.69, 9.17) is 19.1 Å². The highest BCUT2D eigenvalue weighted by atomic mass is 32.2. The van der Waals surface area contributed by atoms with Gasteiger partial charge in [-0.15, -0.1) is 0 Å². The summed E-state index contributed by atoms with van der Waals surface area (Å²) in [5.41, 5.74) is 1.50. The Hall–Kier alpha value is -3.17. The number of methoxy groups -OCH3 is 1. The van der Waals surface area contributed by atoms with Crippen molar-refractivity contribution in [3.05, 3.63) is 65.9 Å². The summed E-state index contributed by atoms with van der Waals surface area (Å²) in [6.45, 7) is -0.157. The van der Waals surface area contributed by atoms with E-state index in [9.17, 15) is 13.2 Å².